The standard InChI is InChI=1S/C20H20N6/c1-14-6-8-16(9-7-14)12-18(17-5-3-4-10-21-17)25-19-11-15(2)24-20-22-13-23-26(19)20/h3-11,13,18,25H,12H2,1-2H3. The number of aromatic nitrogens is 5. The van der Waals surface area contributed by atoms with Gasteiger partial charge in [-0.2, -0.15) is 14.6 Å². The third-order valence-corrected chi connectivity index (χ3v) is 4.31. The van der Waals surface area contributed by atoms with Gasteiger partial charge >= 0.3 is 0 Å². The normalized spacial score (nSPS) is 12.2. The van der Waals surface area contributed by atoms with E-state index in [4.69, 9.17) is 0 Å². The predicted octanol–water partition coefficient (Wildman–Crippen LogP) is 3.53. The number of benzene rings is 1. The van der Waals surface area contributed by atoms with E-state index >= 15 is 0 Å². The van der Waals surface area contributed by atoms with E-state index in [1.807, 2.05) is 37.4 Å². The molecule has 1 atom stereocenters. The number of hydrogen-bond acceptors (Lipinski definition) is 5. The molecule has 1 aromatic carbocycles. The van der Waals surface area contributed by atoms with E-state index in [0.29, 0.717) is 5.78 Å². The monoisotopic (exact) mass is 344 g/mol. The highest BCUT2D eigenvalue weighted by molar-refractivity contribution is 5.46. The molecule has 1 unspecified atom stereocenters. The second kappa shape index (κ2) is 6.92. The SMILES string of the molecule is Cc1ccc(CC(Nc2cc(C)nc3ncnn23)c2ccccn2)cc1. The second-order valence-corrected chi connectivity index (χ2v) is 6.40. The summed E-state index contributed by atoms with van der Waals surface area (Å²) in [7, 11) is 0. The average Bonchev–Trinajstić information content (AvgIpc) is 3.12. The molecular weight excluding hydrogens is 324 g/mol. The summed E-state index contributed by atoms with van der Waals surface area (Å²) in [5.74, 6) is 1.44. The molecule has 4 rings (SSSR count). The van der Waals surface area contributed by atoms with Crippen molar-refractivity contribution >= 4 is 11.6 Å². The van der Waals surface area contributed by atoms with Gasteiger partial charge in [-0.25, -0.2) is 4.98 Å². The molecule has 130 valence electrons. The smallest absolute Gasteiger partial charge is 0.254 e. The average molecular weight is 344 g/mol. The summed E-state index contributed by atoms with van der Waals surface area (Å²) in [6.07, 6.45) is 4.15. The van der Waals surface area contributed by atoms with Crippen LogP contribution in [0.5, 0.6) is 0 Å². The van der Waals surface area contributed by atoms with E-state index in [1.165, 1.54) is 17.5 Å². The Bertz CT molecular complexity index is 1010. The van der Waals surface area contributed by atoms with Gasteiger partial charge in [0.2, 0.25) is 0 Å². The molecule has 0 saturated heterocycles. The van der Waals surface area contributed by atoms with Gasteiger partial charge < -0.3 is 5.32 Å². The molecule has 0 radical (unpaired) electrons. The molecule has 3 heterocycles. The van der Waals surface area contributed by atoms with Crippen molar-refractivity contribution in [2.45, 2.75) is 26.3 Å². The Morgan fingerprint density at radius 3 is 2.65 bits per heavy atom. The van der Waals surface area contributed by atoms with Crippen molar-refractivity contribution < 1.29 is 0 Å². The van der Waals surface area contributed by atoms with Gasteiger partial charge in [0.25, 0.3) is 5.78 Å². The Morgan fingerprint density at radius 1 is 1.04 bits per heavy atom. The number of anilines is 1. The minimum absolute atomic E-state index is 0.00751. The van der Waals surface area contributed by atoms with Gasteiger partial charge in [0.05, 0.1) is 11.7 Å². The lowest BCUT2D eigenvalue weighted by Gasteiger charge is -2.20. The van der Waals surface area contributed by atoms with Crippen LogP contribution in [0.4, 0.5) is 5.82 Å². The fourth-order valence-corrected chi connectivity index (χ4v) is 2.98. The van der Waals surface area contributed by atoms with E-state index in [1.54, 1.807) is 4.52 Å². The van der Waals surface area contributed by atoms with E-state index in [0.717, 1.165) is 23.6 Å². The van der Waals surface area contributed by atoms with Crippen molar-refractivity contribution in [2.24, 2.45) is 0 Å². The van der Waals surface area contributed by atoms with Crippen LogP contribution >= 0.6 is 0 Å². The van der Waals surface area contributed by atoms with E-state index in [9.17, 15) is 0 Å². The van der Waals surface area contributed by atoms with Crippen LogP contribution in [0.25, 0.3) is 5.78 Å². The molecule has 0 aliphatic rings. The molecule has 6 heteroatoms. The van der Waals surface area contributed by atoms with E-state index < -0.39 is 0 Å². The fraction of sp³-hybridized carbons (Fsp3) is 0.200. The third-order valence-electron chi connectivity index (χ3n) is 4.31. The zero-order chi connectivity index (χ0) is 17.9. The van der Waals surface area contributed by atoms with Crippen LogP contribution in [0.1, 0.15) is 28.6 Å². The summed E-state index contributed by atoms with van der Waals surface area (Å²) in [6, 6.07) is 16.6. The van der Waals surface area contributed by atoms with Crippen molar-refractivity contribution in [3.63, 3.8) is 0 Å². The number of nitrogens with zero attached hydrogens (tertiary/aromatic N) is 5. The molecule has 0 spiro atoms. The highest BCUT2D eigenvalue weighted by Gasteiger charge is 2.16. The van der Waals surface area contributed by atoms with Gasteiger partial charge in [-0.3, -0.25) is 4.98 Å². The topological polar surface area (TPSA) is 68.0 Å². The van der Waals surface area contributed by atoms with Crippen LogP contribution in [0.15, 0.2) is 61.1 Å². The van der Waals surface area contributed by atoms with Crippen LogP contribution in [0.2, 0.25) is 0 Å². The largest absolute Gasteiger partial charge is 0.361 e. The first-order valence-corrected chi connectivity index (χ1v) is 8.59. The number of fused-ring (bicyclic) bond motifs is 1. The highest BCUT2D eigenvalue weighted by atomic mass is 15.4. The first-order valence-electron chi connectivity index (χ1n) is 8.59. The maximum Gasteiger partial charge on any atom is 0.254 e. The molecule has 0 fully saturated rings. The van der Waals surface area contributed by atoms with Crippen molar-refractivity contribution in [3.05, 3.63) is 83.6 Å². The molecule has 0 bridgehead atoms. The summed E-state index contributed by atoms with van der Waals surface area (Å²) in [5.41, 5.74) is 4.38. The predicted molar refractivity (Wildman–Crippen MR) is 101 cm³/mol. The lowest BCUT2D eigenvalue weighted by atomic mass is 10.0. The lowest BCUT2D eigenvalue weighted by Crippen LogP contribution is -2.17. The van der Waals surface area contributed by atoms with Crippen molar-refractivity contribution in [3.8, 4) is 0 Å². The molecular formula is C20H20N6. The molecule has 0 aliphatic heterocycles. The molecule has 4 aromatic rings. The summed E-state index contributed by atoms with van der Waals surface area (Å²) in [4.78, 5) is 13.2. The van der Waals surface area contributed by atoms with E-state index in [2.05, 4.69) is 56.6 Å². The fourth-order valence-electron chi connectivity index (χ4n) is 2.98. The number of nitrogens with one attached hydrogen (secondary N) is 1. The van der Waals surface area contributed by atoms with Gasteiger partial charge in [-0.1, -0.05) is 35.9 Å². The maximum atomic E-state index is 4.56. The Kier molecular flexibility index (Phi) is 4.31. The summed E-state index contributed by atoms with van der Waals surface area (Å²) < 4.78 is 1.72. The third kappa shape index (κ3) is 3.39. The molecule has 1 N–H and O–H groups in total. The first-order chi connectivity index (χ1) is 12.7. The van der Waals surface area contributed by atoms with Crippen LogP contribution < -0.4 is 5.32 Å². The molecule has 0 aliphatic carbocycles. The minimum atomic E-state index is 0.00751. The summed E-state index contributed by atoms with van der Waals surface area (Å²) >= 11 is 0. The van der Waals surface area contributed by atoms with E-state index in [-0.39, 0.29) is 6.04 Å². The highest BCUT2D eigenvalue weighted by Crippen LogP contribution is 2.23. The van der Waals surface area contributed by atoms with Gasteiger partial charge in [-0.05, 0) is 38.0 Å². The van der Waals surface area contributed by atoms with Gasteiger partial charge in [0, 0.05) is 18.0 Å². The Morgan fingerprint density at radius 2 is 1.88 bits per heavy atom. The second-order valence-electron chi connectivity index (χ2n) is 6.40. The van der Waals surface area contributed by atoms with Crippen LogP contribution in [0.3, 0.4) is 0 Å². The van der Waals surface area contributed by atoms with Crippen molar-refractivity contribution in [2.75, 3.05) is 5.32 Å². The maximum absolute atomic E-state index is 4.56. The van der Waals surface area contributed by atoms with Crippen LogP contribution in [0, 0.1) is 13.8 Å². The molecule has 0 amide bonds. The van der Waals surface area contributed by atoms with Gasteiger partial charge in [0.1, 0.15) is 12.1 Å². The van der Waals surface area contributed by atoms with Crippen molar-refractivity contribution in [1.29, 1.82) is 0 Å². The summed E-state index contributed by atoms with van der Waals surface area (Å²) in [6.45, 7) is 4.05. The lowest BCUT2D eigenvalue weighted by molar-refractivity contribution is 0.731. The summed E-state index contributed by atoms with van der Waals surface area (Å²) in [5, 5.41) is 7.87. The Balaban J connectivity index is 1.70. The molecule has 6 nitrogen and oxygen atoms in total. The molecule has 3 aromatic heterocycles. The Hall–Kier alpha value is -3.28. The van der Waals surface area contributed by atoms with Crippen molar-refractivity contribution in [1.82, 2.24) is 24.6 Å². The first kappa shape index (κ1) is 16.2. The number of rotatable bonds is 5. The minimum Gasteiger partial charge on any atom is -0.361 e. The number of hydrogen-bond donors (Lipinski definition) is 1. The van der Waals surface area contributed by atoms with Gasteiger partial charge in [-0.15, -0.1) is 0 Å². The quantitative estimate of drug-likeness (QED) is 0.600. The van der Waals surface area contributed by atoms with Crippen LogP contribution in [-0.4, -0.2) is 24.6 Å². The van der Waals surface area contributed by atoms with Gasteiger partial charge in [0.15, 0.2) is 0 Å². The zero-order valence-corrected chi connectivity index (χ0v) is 14.8. The van der Waals surface area contributed by atoms with Crippen LogP contribution in [-0.2, 0) is 6.42 Å². The number of aryl methyl sites for hydroxylation is 2. The zero-order valence-electron chi connectivity index (χ0n) is 14.8. The molecule has 26 heavy (non-hydrogen) atoms. The Labute approximate surface area is 152 Å². The number of pyridine rings is 1. The molecule has 0 saturated carbocycles.